The van der Waals surface area contributed by atoms with Crippen LogP contribution in [0.4, 0.5) is 5.69 Å². The van der Waals surface area contributed by atoms with Crippen molar-refractivity contribution >= 4 is 35.0 Å². The number of ether oxygens (including phenoxy) is 1. The van der Waals surface area contributed by atoms with E-state index in [4.69, 9.17) is 16.3 Å². The Morgan fingerprint density at radius 1 is 1.48 bits per heavy atom. The summed E-state index contributed by atoms with van der Waals surface area (Å²) in [5.41, 5.74) is 0.546. The van der Waals surface area contributed by atoms with Crippen molar-refractivity contribution in [1.29, 1.82) is 0 Å². The number of carbonyl (C=O) groups excluding carboxylic acids is 1. The summed E-state index contributed by atoms with van der Waals surface area (Å²) in [6, 6.07) is 5.06. The first-order valence-corrected chi connectivity index (χ1v) is 7.50. The Bertz CT molecular complexity index is 660. The SMILES string of the molecule is COc1ccc(Cl)cc1NC(=O)CSc1nnc(C)n1C. The van der Waals surface area contributed by atoms with Crippen LogP contribution in [0.15, 0.2) is 23.4 Å². The molecule has 1 aromatic heterocycles. The highest BCUT2D eigenvalue weighted by molar-refractivity contribution is 7.99. The third-order valence-electron chi connectivity index (χ3n) is 2.82. The van der Waals surface area contributed by atoms with Gasteiger partial charge < -0.3 is 14.6 Å². The van der Waals surface area contributed by atoms with Crippen molar-refractivity contribution in [3.63, 3.8) is 0 Å². The number of rotatable bonds is 5. The summed E-state index contributed by atoms with van der Waals surface area (Å²) < 4.78 is 7.01. The molecule has 0 atom stereocenters. The highest BCUT2D eigenvalue weighted by Crippen LogP contribution is 2.28. The van der Waals surface area contributed by atoms with Gasteiger partial charge in [-0.25, -0.2) is 0 Å². The summed E-state index contributed by atoms with van der Waals surface area (Å²) in [4.78, 5) is 12.0. The van der Waals surface area contributed by atoms with E-state index in [9.17, 15) is 4.79 Å². The molecule has 1 amide bonds. The summed E-state index contributed by atoms with van der Waals surface area (Å²) >= 11 is 7.24. The van der Waals surface area contributed by atoms with Gasteiger partial charge in [0.1, 0.15) is 11.6 Å². The summed E-state index contributed by atoms with van der Waals surface area (Å²) in [5, 5.41) is 11.9. The molecular formula is C13H15ClN4O2S. The smallest absolute Gasteiger partial charge is 0.234 e. The van der Waals surface area contributed by atoms with Crippen LogP contribution in [0.1, 0.15) is 5.82 Å². The molecule has 0 unspecified atom stereocenters. The van der Waals surface area contributed by atoms with E-state index in [0.29, 0.717) is 21.6 Å². The van der Waals surface area contributed by atoms with Crippen LogP contribution in [-0.2, 0) is 11.8 Å². The minimum Gasteiger partial charge on any atom is -0.495 e. The number of halogens is 1. The van der Waals surface area contributed by atoms with Crippen LogP contribution < -0.4 is 10.1 Å². The van der Waals surface area contributed by atoms with Crippen molar-refractivity contribution in [3.05, 3.63) is 29.0 Å². The third kappa shape index (κ3) is 3.89. The molecular weight excluding hydrogens is 312 g/mol. The van der Waals surface area contributed by atoms with E-state index in [-0.39, 0.29) is 11.7 Å². The van der Waals surface area contributed by atoms with Crippen molar-refractivity contribution in [3.8, 4) is 5.75 Å². The van der Waals surface area contributed by atoms with Crippen molar-refractivity contribution in [2.75, 3.05) is 18.2 Å². The maximum absolute atomic E-state index is 12.0. The monoisotopic (exact) mass is 326 g/mol. The maximum atomic E-state index is 12.0. The Hall–Kier alpha value is -1.73. The van der Waals surface area contributed by atoms with E-state index >= 15 is 0 Å². The molecule has 1 N–H and O–H groups in total. The lowest BCUT2D eigenvalue weighted by atomic mass is 10.3. The van der Waals surface area contributed by atoms with Crippen molar-refractivity contribution in [2.24, 2.45) is 7.05 Å². The van der Waals surface area contributed by atoms with Gasteiger partial charge in [-0.3, -0.25) is 4.79 Å². The highest BCUT2D eigenvalue weighted by Gasteiger charge is 2.11. The zero-order chi connectivity index (χ0) is 15.4. The molecule has 1 heterocycles. The molecule has 0 bridgehead atoms. The highest BCUT2D eigenvalue weighted by atomic mass is 35.5. The molecule has 2 aromatic rings. The van der Waals surface area contributed by atoms with Crippen LogP contribution in [0, 0.1) is 6.92 Å². The molecule has 2 rings (SSSR count). The number of aromatic nitrogens is 3. The van der Waals surface area contributed by atoms with Gasteiger partial charge in [-0.2, -0.15) is 0 Å². The topological polar surface area (TPSA) is 69.0 Å². The summed E-state index contributed by atoms with van der Waals surface area (Å²) in [7, 11) is 3.39. The first-order chi connectivity index (χ1) is 10.0. The number of thioether (sulfide) groups is 1. The number of benzene rings is 1. The molecule has 0 aliphatic carbocycles. The Balaban J connectivity index is 1.99. The molecule has 0 aliphatic rings. The Morgan fingerprint density at radius 2 is 2.24 bits per heavy atom. The number of carbonyl (C=O) groups is 1. The third-order valence-corrected chi connectivity index (χ3v) is 4.08. The zero-order valence-corrected chi connectivity index (χ0v) is 13.5. The van der Waals surface area contributed by atoms with E-state index in [1.807, 2.05) is 18.5 Å². The van der Waals surface area contributed by atoms with Crippen LogP contribution in [0.25, 0.3) is 0 Å². The van der Waals surface area contributed by atoms with Gasteiger partial charge >= 0.3 is 0 Å². The zero-order valence-electron chi connectivity index (χ0n) is 11.9. The molecule has 1 aromatic carbocycles. The van der Waals surface area contributed by atoms with Gasteiger partial charge in [-0.1, -0.05) is 23.4 Å². The second-order valence-corrected chi connectivity index (χ2v) is 5.65. The van der Waals surface area contributed by atoms with Crippen LogP contribution in [0.5, 0.6) is 5.75 Å². The summed E-state index contributed by atoms with van der Waals surface area (Å²) in [5.74, 6) is 1.42. The predicted molar refractivity (Wildman–Crippen MR) is 83.1 cm³/mol. The van der Waals surface area contributed by atoms with Gasteiger partial charge in [0, 0.05) is 12.1 Å². The van der Waals surface area contributed by atoms with Gasteiger partial charge in [-0.05, 0) is 25.1 Å². The fourth-order valence-electron chi connectivity index (χ4n) is 1.61. The fraction of sp³-hybridized carbons (Fsp3) is 0.308. The van der Waals surface area contributed by atoms with E-state index in [2.05, 4.69) is 15.5 Å². The van der Waals surface area contributed by atoms with E-state index < -0.39 is 0 Å². The first-order valence-electron chi connectivity index (χ1n) is 6.13. The normalized spacial score (nSPS) is 10.5. The van der Waals surface area contributed by atoms with E-state index in [1.54, 1.807) is 18.2 Å². The van der Waals surface area contributed by atoms with Crippen molar-refractivity contribution in [2.45, 2.75) is 12.1 Å². The minimum absolute atomic E-state index is 0.166. The predicted octanol–water partition coefficient (Wildman–Crippen LogP) is 2.52. The van der Waals surface area contributed by atoms with Gasteiger partial charge in [-0.15, -0.1) is 10.2 Å². The maximum Gasteiger partial charge on any atom is 0.234 e. The Morgan fingerprint density at radius 3 is 2.86 bits per heavy atom. The minimum atomic E-state index is -0.166. The average molecular weight is 327 g/mol. The Labute approximate surface area is 131 Å². The number of nitrogens with zero attached hydrogens (tertiary/aromatic N) is 3. The molecule has 0 fully saturated rings. The molecule has 6 nitrogen and oxygen atoms in total. The van der Waals surface area contributed by atoms with Gasteiger partial charge in [0.15, 0.2) is 5.16 Å². The number of hydrogen-bond acceptors (Lipinski definition) is 5. The fourth-order valence-corrected chi connectivity index (χ4v) is 2.54. The lowest BCUT2D eigenvalue weighted by Gasteiger charge is -2.10. The summed E-state index contributed by atoms with van der Waals surface area (Å²) in [6.45, 7) is 1.86. The number of amides is 1. The number of methoxy groups -OCH3 is 1. The van der Waals surface area contributed by atoms with Crippen LogP contribution >= 0.6 is 23.4 Å². The van der Waals surface area contributed by atoms with Crippen LogP contribution in [-0.4, -0.2) is 33.5 Å². The first kappa shape index (κ1) is 15.7. The molecule has 0 radical (unpaired) electrons. The molecule has 0 saturated carbocycles. The second kappa shape index (κ2) is 6.82. The summed E-state index contributed by atoms with van der Waals surface area (Å²) in [6.07, 6.45) is 0. The van der Waals surface area contributed by atoms with Gasteiger partial charge in [0.05, 0.1) is 18.6 Å². The standard InChI is InChI=1S/C13H15ClN4O2S/c1-8-16-17-13(18(8)2)21-7-12(19)15-10-6-9(14)4-5-11(10)20-3/h4-6H,7H2,1-3H3,(H,15,19). The molecule has 0 saturated heterocycles. The molecule has 112 valence electrons. The van der Waals surface area contributed by atoms with Gasteiger partial charge in [0.25, 0.3) is 0 Å². The van der Waals surface area contributed by atoms with Crippen LogP contribution in [0.3, 0.4) is 0 Å². The number of aryl methyl sites for hydroxylation is 1. The lowest BCUT2D eigenvalue weighted by Crippen LogP contribution is -2.15. The van der Waals surface area contributed by atoms with Crippen molar-refractivity contribution < 1.29 is 9.53 Å². The second-order valence-electron chi connectivity index (χ2n) is 4.27. The number of hydrogen-bond donors (Lipinski definition) is 1. The lowest BCUT2D eigenvalue weighted by molar-refractivity contribution is -0.113. The number of nitrogens with one attached hydrogen (secondary N) is 1. The quantitative estimate of drug-likeness (QED) is 0.855. The molecule has 8 heteroatoms. The molecule has 21 heavy (non-hydrogen) atoms. The van der Waals surface area contributed by atoms with E-state index in [0.717, 1.165) is 5.82 Å². The Kier molecular flexibility index (Phi) is 5.08. The number of anilines is 1. The van der Waals surface area contributed by atoms with Gasteiger partial charge in [0.2, 0.25) is 5.91 Å². The van der Waals surface area contributed by atoms with Crippen molar-refractivity contribution in [1.82, 2.24) is 14.8 Å². The van der Waals surface area contributed by atoms with Crippen LogP contribution in [0.2, 0.25) is 5.02 Å². The van der Waals surface area contributed by atoms with E-state index in [1.165, 1.54) is 18.9 Å². The average Bonchev–Trinajstić information content (AvgIpc) is 2.77. The molecule has 0 spiro atoms. The molecule has 0 aliphatic heterocycles. The largest absolute Gasteiger partial charge is 0.495 e.